The molecule has 0 aromatic heterocycles. The third-order valence-electron chi connectivity index (χ3n) is 14.8. The number of ether oxygens (including phenoxy) is 4. The second-order valence-electron chi connectivity index (χ2n) is 18.6. The fourth-order valence-corrected chi connectivity index (χ4v) is 11.8. The van der Waals surface area contributed by atoms with Crippen LogP contribution in [-0.2, 0) is 21.4 Å². The van der Waals surface area contributed by atoms with Crippen molar-refractivity contribution < 1.29 is 34.0 Å². The highest BCUT2D eigenvalue weighted by atomic mass is 16.6. The van der Waals surface area contributed by atoms with E-state index in [4.69, 9.17) is 18.9 Å². The number of anilines is 1. The van der Waals surface area contributed by atoms with E-state index in [-0.39, 0.29) is 40.8 Å². The highest BCUT2D eigenvalue weighted by molar-refractivity contribution is 5.97. The lowest BCUT2D eigenvalue weighted by atomic mass is 9.68. The molecule has 4 aliphatic carbocycles. The summed E-state index contributed by atoms with van der Waals surface area (Å²) in [6, 6.07) is 12.9. The maximum absolute atomic E-state index is 14.7. The Morgan fingerprint density at radius 1 is 1.03 bits per heavy atom. The smallest absolute Gasteiger partial charge is 0.207 e. The van der Waals surface area contributed by atoms with Gasteiger partial charge in [0.05, 0.1) is 18.9 Å². The summed E-state index contributed by atoms with van der Waals surface area (Å²) in [6.45, 7) is 0.619. The summed E-state index contributed by atoms with van der Waals surface area (Å²) in [5.41, 5.74) is 1.30. The average Bonchev–Trinajstić information content (AvgIpc) is 4.08. The number of allylic oxidation sites excluding steroid dienone is 2. The van der Waals surface area contributed by atoms with E-state index < -0.39 is 17.3 Å². The van der Waals surface area contributed by atoms with Crippen LogP contribution in [0.15, 0.2) is 47.5 Å². The molecule has 8 rings (SSSR count). The van der Waals surface area contributed by atoms with Crippen LogP contribution in [0.5, 0.6) is 23.0 Å². The largest absolute Gasteiger partial charge is 0.504 e. The van der Waals surface area contributed by atoms with Crippen LogP contribution >= 0.6 is 0 Å². The van der Waals surface area contributed by atoms with Crippen molar-refractivity contribution in [2.24, 2.45) is 28.2 Å². The molecule has 6 aliphatic rings. The Kier molecular flexibility index (Phi) is 13.2. The van der Waals surface area contributed by atoms with Crippen LogP contribution in [0.1, 0.15) is 120 Å². The van der Waals surface area contributed by atoms with Gasteiger partial charge < -0.3 is 39.8 Å². The number of aliphatic hydroxyl groups is 1. The van der Waals surface area contributed by atoms with Gasteiger partial charge in [0, 0.05) is 44.3 Å². The molecular formula is C50H64N4O7. The summed E-state index contributed by atoms with van der Waals surface area (Å²) >= 11 is 0. The van der Waals surface area contributed by atoms with Crippen molar-refractivity contribution in [3.8, 4) is 47.0 Å². The van der Waals surface area contributed by atoms with Crippen LogP contribution in [0.2, 0.25) is 0 Å². The lowest BCUT2D eigenvalue weighted by molar-refractivity contribution is -0.145. The molecule has 4 bridgehead atoms. The fourth-order valence-electron chi connectivity index (χ4n) is 11.8. The van der Waals surface area contributed by atoms with Gasteiger partial charge in [-0.1, -0.05) is 56.1 Å². The van der Waals surface area contributed by atoms with Crippen molar-refractivity contribution in [2.75, 3.05) is 33.1 Å². The van der Waals surface area contributed by atoms with Crippen LogP contribution in [-0.4, -0.2) is 67.7 Å². The number of phenols is 1. The van der Waals surface area contributed by atoms with Gasteiger partial charge in [-0.05, 0) is 136 Å². The second kappa shape index (κ2) is 18.7. The maximum Gasteiger partial charge on any atom is 0.207 e. The molecule has 2 aromatic carbocycles. The van der Waals surface area contributed by atoms with Gasteiger partial charge in [-0.25, -0.2) is 0 Å². The third kappa shape index (κ3) is 9.26. The van der Waals surface area contributed by atoms with Gasteiger partial charge in [0.15, 0.2) is 29.3 Å². The Balaban J connectivity index is 1.16. The molecular weight excluding hydrogens is 769 g/mol. The summed E-state index contributed by atoms with van der Waals surface area (Å²) in [5, 5.41) is 31.7. The van der Waals surface area contributed by atoms with Crippen LogP contribution < -0.4 is 30.2 Å². The molecule has 1 spiro atoms. The fraction of sp³-hybridized carbons (Fsp3) is 0.600. The van der Waals surface area contributed by atoms with Crippen molar-refractivity contribution in [3.63, 3.8) is 0 Å². The third-order valence-corrected chi connectivity index (χ3v) is 14.8. The molecule has 2 aliphatic heterocycles. The van der Waals surface area contributed by atoms with Crippen LogP contribution in [0.3, 0.4) is 0 Å². The molecule has 4 fully saturated rings. The zero-order valence-corrected chi connectivity index (χ0v) is 36.2. The SMILES string of the molecule is CN=C1NC#CC[C@@H]2CCC[C@@]2(Cc2ccc(O)c(OC)c2)C(=O)/C=C/CC2(CCCC2)c2cc(c3c(c2)O[C@]2(CNC)C[C@H](CC#CO3)[C@@H](C[C@H](O)OC3CCCC3)C2)N1. The van der Waals surface area contributed by atoms with Crippen molar-refractivity contribution in [1.82, 2.24) is 10.6 Å². The first-order chi connectivity index (χ1) is 29.7. The highest BCUT2D eigenvalue weighted by Crippen LogP contribution is 2.53. The van der Waals surface area contributed by atoms with Gasteiger partial charge >= 0.3 is 0 Å². The molecule has 2 aromatic rings. The van der Waals surface area contributed by atoms with Gasteiger partial charge in [-0.15, -0.1) is 0 Å². The second-order valence-corrected chi connectivity index (χ2v) is 18.6. The number of rotatable bonds is 9. The number of aliphatic imine (C=N–C) groups is 1. The molecule has 4 saturated carbocycles. The van der Waals surface area contributed by atoms with Gasteiger partial charge in [0.2, 0.25) is 11.7 Å². The summed E-state index contributed by atoms with van der Waals surface area (Å²) in [6.07, 6.45) is 21.8. The Morgan fingerprint density at radius 2 is 1.87 bits per heavy atom. The number of hydrogen-bond donors (Lipinski definition) is 5. The van der Waals surface area contributed by atoms with Crippen LogP contribution in [0.4, 0.5) is 5.69 Å². The Bertz CT molecular complexity index is 2100. The number of nitrogens with zero attached hydrogens (tertiary/aromatic N) is 1. The number of ketones is 1. The van der Waals surface area contributed by atoms with Crippen molar-refractivity contribution >= 4 is 17.4 Å². The molecule has 0 unspecified atom stereocenters. The normalized spacial score (nSPS) is 30.0. The van der Waals surface area contributed by atoms with Crippen LogP contribution in [0.25, 0.3) is 0 Å². The van der Waals surface area contributed by atoms with Crippen molar-refractivity contribution in [2.45, 2.75) is 139 Å². The maximum atomic E-state index is 14.7. The molecule has 0 saturated heterocycles. The number of likely N-dealkylation sites (N-methyl/N-ethyl adjacent to an activating group) is 1. The highest BCUT2D eigenvalue weighted by Gasteiger charge is 2.49. The van der Waals surface area contributed by atoms with E-state index in [0.29, 0.717) is 67.5 Å². The van der Waals surface area contributed by atoms with Crippen molar-refractivity contribution in [3.05, 3.63) is 53.6 Å². The number of hydrogen-bond acceptors (Lipinski definition) is 9. The molecule has 11 heteroatoms. The number of nitrogens with one attached hydrogen (secondary N) is 3. The van der Waals surface area contributed by atoms with Gasteiger partial charge in [0.1, 0.15) is 11.7 Å². The minimum atomic E-state index is -0.819. The first-order valence-corrected chi connectivity index (χ1v) is 22.7. The number of aliphatic hydroxyl groups excluding tert-OH is 1. The number of methoxy groups -OCH3 is 1. The molecule has 6 atom stereocenters. The first kappa shape index (κ1) is 43.0. The van der Waals surface area contributed by atoms with Gasteiger partial charge in [0.25, 0.3) is 0 Å². The summed E-state index contributed by atoms with van der Waals surface area (Å²) in [5.74, 6) is 9.28. The quantitative estimate of drug-likeness (QED) is 0.125. The molecule has 61 heavy (non-hydrogen) atoms. The van der Waals surface area contributed by atoms with Crippen LogP contribution in [0, 0.1) is 47.2 Å². The number of phenolic OH excluding ortho intramolecular Hbond substituents is 1. The summed E-state index contributed by atoms with van der Waals surface area (Å²) < 4.78 is 25.3. The number of carbonyl (C=O) groups is 1. The van der Waals surface area contributed by atoms with E-state index in [0.717, 1.165) is 94.6 Å². The summed E-state index contributed by atoms with van der Waals surface area (Å²) in [4.78, 5) is 19.3. The van der Waals surface area contributed by atoms with E-state index in [2.05, 4.69) is 63.1 Å². The molecule has 326 valence electrons. The lowest BCUT2D eigenvalue weighted by Gasteiger charge is -2.35. The number of guanidine groups is 1. The monoisotopic (exact) mass is 832 g/mol. The topological polar surface area (TPSA) is 143 Å². The summed E-state index contributed by atoms with van der Waals surface area (Å²) in [7, 11) is 5.23. The predicted molar refractivity (Wildman–Crippen MR) is 236 cm³/mol. The predicted octanol–water partition coefficient (Wildman–Crippen LogP) is 7.88. The Hall–Kier alpha value is -4.68. The van der Waals surface area contributed by atoms with E-state index in [1.807, 2.05) is 25.3 Å². The Labute approximate surface area is 361 Å². The molecule has 0 radical (unpaired) electrons. The van der Waals surface area contributed by atoms with Crippen molar-refractivity contribution in [1.29, 1.82) is 0 Å². The number of fused-ring (bicyclic) bond motifs is 8. The number of aromatic hydroxyl groups is 1. The standard InChI is InChI=1S/C50H64N4O7/c1-51-33-49-31-35(36(32-49)27-45(57)60-39-15-4-5-16-39)12-11-25-59-46-40-28-38(29-43(46)61-49)48(20-6-7-21-48)22-9-17-44(56)50(30-34-18-19-41(55)42(26-34)58-3)23-8-13-37(50)14-10-24-53-47(52-2)54-40/h9,17-19,26,28-29,35-37,39,45,51,55,57H,4-8,12-16,20-23,27,30-33H2,1-3H3,(H2,52,53,54)/b17-9+/t35-,36-,37-,45+,49+,50-/m0/s1. The number of benzene rings is 2. The van der Waals surface area contributed by atoms with E-state index in [1.54, 1.807) is 20.2 Å². The molecule has 0 amide bonds. The zero-order chi connectivity index (χ0) is 42.5. The first-order valence-electron chi connectivity index (χ1n) is 22.7. The van der Waals surface area contributed by atoms with E-state index >= 15 is 0 Å². The van der Waals surface area contributed by atoms with Gasteiger partial charge in [-0.2, -0.15) is 0 Å². The molecule has 11 nitrogen and oxygen atoms in total. The molecule has 5 N–H and O–H groups in total. The van der Waals surface area contributed by atoms with E-state index in [9.17, 15) is 15.0 Å². The Morgan fingerprint density at radius 3 is 2.66 bits per heavy atom. The van der Waals surface area contributed by atoms with Gasteiger partial charge in [-0.3, -0.25) is 15.1 Å². The average molecular weight is 833 g/mol. The zero-order valence-electron chi connectivity index (χ0n) is 36.2. The minimum absolute atomic E-state index is 0.0504. The molecule has 2 heterocycles. The minimum Gasteiger partial charge on any atom is -0.504 e. The number of carbonyl (C=O) groups excluding carboxylic acids is 1. The lowest BCUT2D eigenvalue weighted by Crippen LogP contribution is -2.43. The van der Waals surface area contributed by atoms with E-state index in [1.165, 1.54) is 0 Å².